The van der Waals surface area contributed by atoms with Gasteiger partial charge in [0, 0.05) is 25.5 Å². The fraction of sp³-hybridized carbons (Fsp3) is 1.00. The molecule has 2 N–H and O–H groups in total. The van der Waals surface area contributed by atoms with Gasteiger partial charge in [-0.1, -0.05) is 6.92 Å². The molecule has 0 radical (unpaired) electrons. The molecule has 0 saturated carbocycles. The third-order valence-electron chi connectivity index (χ3n) is 4.28. The summed E-state index contributed by atoms with van der Waals surface area (Å²) in [4.78, 5) is 0. The number of hydrogen-bond acceptors (Lipinski definition) is 4. The van der Waals surface area contributed by atoms with Crippen molar-refractivity contribution in [2.75, 3.05) is 25.2 Å². The van der Waals surface area contributed by atoms with Crippen molar-refractivity contribution in [3.8, 4) is 0 Å². The molecule has 100 valence electrons. The highest BCUT2D eigenvalue weighted by Gasteiger charge is 2.42. The Morgan fingerprint density at radius 1 is 1.59 bits per heavy atom. The van der Waals surface area contributed by atoms with E-state index in [1.807, 2.05) is 11.8 Å². The summed E-state index contributed by atoms with van der Waals surface area (Å²) in [6.07, 6.45) is 4.61. The molecule has 4 unspecified atom stereocenters. The lowest BCUT2D eigenvalue weighted by atomic mass is 9.79. The van der Waals surface area contributed by atoms with E-state index in [2.05, 4.69) is 6.92 Å². The molecule has 2 fully saturated rings. The second-order valence-electron chi connectivity index (χ2n) is 5.35. The average molecular weight is 259 g/mol. The lowest BCUT2D eigenvalue weighted by Gasteiger charge is -2.41. The van der Waals surface area contributed by atoms with Gasteiger partial charge >= 0.3 is 0 Å². The molecule has 4 heteroatoms. The Morgan fingerprint density at radius 2 is 2.41 bits per heavy atom. The van der Waals surface area contributed by atoms with Crippen molar-refractivity contribution >= 4 is 11.8 Å². The molecule has 3 nitrogen and oxygen atoms in total. The van der Waals surface area contributed by atoms with Crippen LogP contribution in [0.1, 0.15) is 32.6 Å². The lowest BCUT2D eigenvalue weighted by molar-refractivity contribution is -0.0918. The number of thioether (sulfide) groups is 1. The summed E-state index contributed by atoms with van der Waals surface area (Å²) in [7, 11) is 1.77. The predicted octanol–water partition coefficient (Wildman–Crippen LogP) is 2.04. The van der Waals surface area contributed by atoms with Crippen LogP contribution in [0.25, 0.3) is 0 Å². The monoisotopic (exact) mass is 259 g/mol. The van der Waals surface area contributed by atoms with Crippen molar-refractivity contribution in [1.82, 2.24) is 0 Å². The standard InChI is InChI=1S/C13H25NO2S/c1-3-11(15-2)12(14)10-4-6-16-13(8-10)5-7-17-9-13/h10-12H,3-9,14H2,1-2H3. The van der Waals surface area contributed by atoms with Crippen LogP contribution in [0.3, 0.4) is 0 Å². The van der Waals surface area contributed by atoms with E-state index in [-0.39, 0.29) is 17.7 Å². The normalized spacial score (nSPS) is 37.2. The smallest absolute Gasteiger partial charge is 0.0783 e. The van der Waals surface area contributed by atoms with Crippen LogP contribution in [0.4, 0.5) is 0 Å². The van der Waals surface area contributed by atoms with Crippen LogP contribution in [0.15, 0.2) is 0 Å². The molecule has 2 aliphatic rings. The summed E-state index contributed by atoms with van der Waals surface area (Å²) in [6, 6.07) is 0.163. The molecule has 1 spiro atoms. The minimum atomic E-state index is 0.136. The van der Waals surface area contributed by atoms with Crippen molar-refractivity contribution in [2.45, 2.75) is 50.4 Å². The average Bonchev–Trinajstić information content (AvgIpc) is 2.78. The fourth-order valence-electron chi connectivity index (χ4n) is 3.16. The maximum absolute atomic E-state index is 6.38. The van der Waals surface area contributed by atoms with Gasteiger partial charge in [0.1, 0.15) is 0 Å². The molecule has 0 bridgehead atoms. The summed E-state index contributed by atoms with van der Waals surface area (Å²) < 4.78 is 11.5. The highest BCUT2D eigenvalue weighted by molar-refractivity contribution is 7.99. The van der Waals surface area contributed by atoms with E-state index in [1.54, 1.807) is 7.11 Å². The first-order chi connectivity index (χ1) is 8.21. The molecule has 0 aromatic rings. The quantitative estimate of drug-likeness (QED) is 0.839. The molecule has 2 saturated heterocycles. The van der Waals surface area contributed by atoms with Crippen LogP contribution >= 0.6 is 11.8 Å². The van der Waals surface area contributed by atoms with E-state index < -0.39 is 0 Å². The Hall–Kier alpha value is 0.230. The van der Waals surface area contributed by atoms with E-state index in [0.717, 1.165) is 31.6 Å². The molecule has 17 heavy (non-hydrogen) atoms. The second-order valence-corrected chi connectivity index (χ2v) is 6.45. The minimum Gasteiger partial charge on any atom is -0.380 e. The summed E-state index contributed by atoms with van der Waals surface area (Å²) >= 11 is 2.02. The topological polar surface area (TPSA) is 44.5 Å². The maximum atomic E-state index is 6.38. The van der Waals surface area contributed by atoms with Crippen molar-refractivity contribution < 1.29 is 9.47 Å². The van der Waals surface area contributed by atoms with Crippen molar-refractivity contribution in [3.05, 3.63) is 0 Å². The zero-order valence-corrected chi connectivity index (χ0v) is 11.8. The minimum absolute atomic E-state index is 0.136. The molecule has 0 aliphatic carbocycles. The van der Waals surface area contributed by atoms with Gasteiger partial charge in [0.2, 0.25) is 0 Å². The van der Waals surface area contributed by atoms with Crippen LogP contribution in [-0.4, -0.2) is 43.0 Å². The van der Waals surface area contributed by atoms with Crippen LogP contribution in [0.5, 0.6) is 0 Å². The van der Waals surface area contributed by atoms with E-state index >= 15 is 0 Å². The van der Waals surface area contributed by atoms with E-state index in [9.17, 15) is 0 Å². The van der Waals surface area contributed by atoms with Crippen LogP contribution in [-0.2, 0) is 9.47 Å². The van der Waals surface area contributed by atoms with Crippen molar-refractivity contribution in [2.24, 2.45) is 11.7 Å². The van der Waals surface area contributed by atoms with E-state index in [4.69, 9.17) is 15.2 Å². The van der Waals surface area contributed by atoms with Gasteiger partial charge < -0.3 is 15.2 Å². The molecule has 0 amide bonds. The van der Waals surface area contributed by atoms with Gasteiger partial charge in [0.15, 0.2) is 0 Å². The third-order valence-corrected chi connectivity index (χ3v) is 5.50. The lowest BCUT2D eigenvalue weighted by Crippen LogP contribution is -2.49. The van der Waals surface area contributed by atoms with Gasteiger partial charge in [-0.15, -0.1) is 0 Å². The van der Waals surface area contributed by atoms with Gasteiger partial charge in [0.25, 0.3) is 0 Å². The largest absolute Gasteiger partial charge is 0.380 e. The first kappa shape index (κ1) is 13.7. The van der Waals surface area contributed by atoms with Crippen LogP contribution in [0, 0.1) is 5.92 Å². The highest BCUT2D eigenvalue weighted by Crippen LogP contribution is 2.41. The number of nitrogens with two attached hydrogens (primary N) is 1. The zero-order chi connectivity index (χ0) is 12.3. The maximum Gasteiger partial charge on any atom is 0.0783 e. The first-order valence-electron chi connectivity index (χ1n) is 6.71. The van der Waals surface area contributed by atoms with Gasteiger partial charge in [-0.3, -0.25) is 0 Å². The Balaban J connectivity index is 1.96. The van der Waals surface area contributed by atoms with E-state index in [1.165, 1.54) is 12.2 Å². The highest BCUT2D eigenvalue weighted by atomic mass is 32.2. The number of methoxy groups -OCH3 is 1. The summed E-state index contributed by atoms with van der Waals surface area (Å²) in [5.74, 6) is 2.95. The number of hydrogen-bond donors (Lipinski definition) is 1. The second kappa shape index (κ2) is 5.91. The Bertz CT molecular complexity index is 240. The molecule has 2 heterocycles. The van der Waals surface area contributed by atoms with Gasteiger partial charge in [0.05, 0.1) is 11.7 Å². The first-order valence-corrected chi connectivity index (χ1v) is 7.86. The summed E-state index contributed by atoms with van der Waals surface area (Å²) in [6.45, 7) is 3.02. The van der Waals surface area contributed by atoms with E-state index in [0.29, 0.717) is 5.92 Å². The molecule has 2 rings (SSSR count). The summed E-state index contributed by atoms with van der Waals surface area (Å²) in [5, 5.41) is 0. The molecular formula is C13H25NO2S. The SMILES string of the molecule is CCC(OC)C(N)C1CCOC2(CCSC2)C1. The molecular weight excluding hydrogens is 234 g/mol. The van der Waals surface area contributed by atoms with Crippen molar-refractivity contribution in [1.29, 1.82) is 0 Å². The Kier molecular flexibility index (Phi) is 4.75. The third kappa shape index (κ3) is 2.98. The molecule has 0 aromatic carbocycles. The molecule has 0 aromatic heterocycles. The zero-order valence-electron chi connectivity index (χ0n) is 11.0. The fourth-order valence-corrected chi connectivity index (χ4v) is 4.54. The molecule has 4 atom stereocenters. The van der Waals surface area contributed by atoms with Crippen LogP contribution in [0.2, 0.25) is 0 Å². The Morgan fingerprint density at radius 3 is 3.00 bits per heavy atom. The summed E-state index contributed by atoms with van der Waals surface area (Å²) in [5.41, 5.74) is 6.51. The molecule has 2 aliphatic heterocycles. The van der Waals surface area contributed by atoms with Gasteiger partial charge in [-0.05, 0) is 37.4 Å². The van der Waals surface area contributed by atoms with Crippen LogP contribution < -0.4 is 5.73 Å². The number of ether oxygens (including phenoxy) is 2. The van der Waals surface area contributed by atoms with Crippen molar-refractivity contribution in [3.63, 3.8) is 0 Å². The van der Waals surface area contributed by atoms with Gasteiger partial charge in [-0.2, -0.15) is 11.8 Å². The Labute approximate surface area is 109 Å². The number of rotatable bonds is 4. The predicted molar refractivity (Wildman–Crippen MR) is 72.4 cm³/mol. The van der Waals surface area contributed by atoms with Gasteiger partial charge in [-0.25, -0.2) is 0 Å².